The molecule has 1 rings (SSSR count). The fourth-order valence-corrected chi connectivity index (χ4v) is 1.80. The zero-order chi connectivity index (χ0) is 14.4. The molecule has 104 valence electrons. The molecule has 0 spiro atoms. The van der Waals surface area contributed by atoms with Crippen molar-refractivity contribution in [2.75, 3.05) is 11.9 Å². The van der Waals surface area contributed by atoms with Crippen LogP contribution in [0.4, 0.5) is 5.69 Å². The molecule has 5 nitrogen and oxygen atoms in total. The van der Waals surface area contributed by atoms with E-state index in [1.807, 2.05) is 13.8 Å². The number of aromatic carboxylic acids is 1. The standard InChI is InChI=1S/C13H17BrN2O3/c1-3-8(2)15-7-12(17)16-9-4-5-11(14)10(6-9)13(18)19/h4-6,8,15H,3,7H2,1-2H3,(H,16,17)(H,18,19). The van der Waals surface area contributed by atoms with Gasteiger partial charge in [-0.15, -0.1) is 0 Å². The summed E-state index contributed by atoms with van der Waals surface area (Å²) in [6, 6.07) is 4.94. The summed E-state index contributed by atoms with van der Waals surface area (Å²) in [5.41, 5.74) is 0.587. The molecule has 6 heteroatoms. The Morgan fingerprint density at radius 2 is 2.11 bits per heavy atom. The number of benzene rings is 1. The molecular weight excluding hydrogens is 312 g/mol. The van der Waals surface area contributed by atoms with Crippen LogP contribution in [0.25, 0.3) is 0 Å². The molecule has 1 atom stereocenters. The number of anilines is 1. The Balaban J connectivity index is 2.64. The van der Waals surface area contributed by atoms with Crippen molar-refractivity contribution in [1.82, 2.24) is 5.32 Å². The Morgan fingerprint density at radius 1 is 1.42 bits per heavy atom. The van der Waals surface area contributed by atoms with Gasteiger partial charge in [0.1, 0.15) is 0 Å². The molecule has 0 fully saturated rings. The van der Waals surface area contributed by atoms with E-state index in [2.05, 4.69) is 26.6 Å². The fourth-order valence-electron chi connectivity index (χ4n) is 1.38. The third-order valence-corrected chi connectivity index (χ3v) is 3.40. The predicted octanol–water partition coefficient (Wildman–Crippen LogP) is 2.47. The lowest BCUT2D eigenvalue weighted by Gasteiger charge is -2.11. The summed E-state index contributed by atoms with van der Waals surface area (Å²) in [4.78, 5) is 22.6. The Kier molecular flexibility index (Phi) is 5.98. The van der Waals surface area contributed by atoms with Crippen molar-refractivity contribution >= 4 is 33.5 Å². The molecule has 19 heavy (non-hydrogen) atoms. The van der Waals surface area contributed by atoms with Crippen LogP contribution >= 0.6 is 15.9 Å². The maximum absolute atomic E-state index is 11.7. The van der Waals surface area contributed by atoms with Crippen LogP contribution in [-0.2, 0) is 4.79 Å². The SMILES string of the molecule is CCC(C)NCC(=O)Nc1ccc(Br)c(C(=O)O)c1. The molecule has 1 aromatic rings. The smallest absolute Gasteiger partial charge is 0.336 e. The van der Waals surface area contributed by atoms with Crippen LogP contribution in [0.2, 0.25) is 0 Å². The Labute approximate surface area is 120 Å². The van der Waals surface area contributed by atoms with Crippen molar-refractivity contribution in [2.24, 2.45) is 0 Å². The van der Waals surface area contributed by atoms with Gasteiger partial charge in [-0.25, -0.2) is 4.79 Å². The lowest BCUT2D eigenvalue weighted by atomic mass is 10.2. The van der Waals surface area contributed by atoms with Gasteiger partial charge < -0.3 is 15.7 Å². The second-order valence-electron chi connectivity index (χ2n) is 4.24. The van der Waals surface area contributed by atoms with Gasteiger partial charge in [0.05, 0.1) is 12.1 Å². The van der Waals surface area contributed by atoms with E-state index in [9.17, 15) is 9.59 Å². The number of amides is 1. The van der Waals surface area contributed by atoms with Crippen LogP contribution < -0.4 is 10.6 Å². The molecule has 3 N–H and O–H groups in total. The van der Waals surface area contributed by atoms with Gasteiger partial charge in [0.2, 0.25) is 5.91 Å². The summed E-state index contributed by atoms with van der Waals surface area (Å²) in [7, 11) is 0. The van der Waals surface area contributed by atoms with Crippen LogP contribution in [-0.4, -0.2) is 29.6 Å². The van der Waals surface area contributed by atoms with Crippen molar-refractivity contribution in [3.8, 4) is 0 Å². The van der Waals surface area contributed by atoms with E-state index in [4.69, 9.17) is 5.11 Å². The third-order valence-electron chi connectivity index (χ3n) is 2.70. The van der Waals surface area contributed by atoms with Gasteiger partial charge in [0.15, 0.2) is 0 Å². The summed E-state index contributed by atoms with van der Waals surface area (Å²) >= 11 is 3.15. The monoisotopic (exact) mass is 328 g/mol. The minimum absolute atomic E-state index is 0.118. The van der Waals surface area contributed by atoms with E-state index >= 15 is 0 Å². The number of carbonyl (C=O) groups is 2. The Bertz CT molecular complexity index is 477. The van der Waals surface area contributed by atoms with E-state index in [1.165, 1.54) is 6.07 Å². The molecule has 0 saturated heterocycles. The zero-order valence-electron chi connectivity index (χ0n) is 10.9. The van der Waals surface area contributed by atoms with Crippen molar-refractivity contribution in [3.05, 3.63) is 28.2 Å². The molecular formula is C13H17BrN2O3. The second kappa shape index (κ2) is 7.25. The molecule has 0 aliphatic carbocycles. The van der Waals surface area contributed by atoms with E-state index in [0.29, 0.717) is 10.2 Å². The average molecular weight is 329 g/mol. The molecule has 0 aliphatic heterocycles. The fraction of sp³-hybridized carbons (Fsp3) is 0.385. The first-order chi connectivity index (χ1) is 8.93. The predicted molar refractivity (Wildman–Crippen MR) is 77.5 cm³/mol. The van der Waals surface area contributed by atoms with E-state index in [-0.39, 0.29) is 24.1 Å². The maximum atomic E-state index is 11.7. The normalized spacial score (nSPS) is 11.9. The topological polar surface area (TPSA) is 78.4 Å². The summed E-state index contributed by atoms with van der Waals surface area (Å²) < 4.78 is 0.482. The first-order valence-electron chi connectivity index (χ1n) is 6.00. The molecule has 1 unspecified atom stereocenters. The van der Waals surface area contributed by atoms with Crippen molar-refractivity contribution in [2.45, 2.75) is 26.3 Å². The average Bonchev–Trinajstić information content (AvgIpc) is 2.37. The van der Waals surface area contributed by atoms with Crippen molar-refractivity contribution in [3.63, 3.8) is 0 Å². The van der Waals surface area contributed by atoms with Gasteiger partial charge >= 0.3 is 5.97 Å². The number of rotatable bonds is 6. The number of nitrogens with one attached hydrogen (secondary N) is 2. The van der Waals surface area contributed by atoms with Crippen LogP contribution in [0.5, 0.6) is 0 Å². The minimum Gasteiger partial charge on any atom is -0.478 e. The first-order valence-corrected chi connectivity index (χ1v) is 6.79. The minimum atomic E-state index is -1.04. The summed E-state index contributed by atoms with van der Waals surface area (Å²) in [6.07, 6.45) is 0.939. The second-order valence-corrected chi connectivity index (χ2v) is 5.09. The molecule has 0 aliphatic rings. The third kappa shape index (κ3) is 5.00. The van der Waals surface area contributed by atoms with Gasteiger partial charge in [-0.1, -0.05) is 6.92 Å². The first kappa shape index (κ1) is 15.7. The van der Waals surface area contributed by atoms with Gasteiger partial charge in [-0.3, -0.25) is 4.79 Å². The lowest BCUT2D eigenvalue weighted by molar-refractivity contribution is -0.115. The molecule has 1 aromatic carbocycles. The molecule has 0 heterocycles. The highest BCUT2D eigenvalue weighted by atomic mass is 79.9. The van der Waals surface area contributed by atoms with Crippen LogP contribution in [0.1, 0.15) is 30.6 Å². The molecule has 0 radical (unpaired) electrons. The van der Waals surface area contributed by atoms with Crippen LogP contribution in [0.15, 0.2) is 22.7 Å². The van der Waals surface area contributed by atoms with E-state index in [0.717, 1.165) is 6.42 Å². The van der Waals surface area contributed by atoms with Gasteiger partial charge in [-0.2, -0.15) is 0 Å². The molecule has 0 bridgehead atoms. The summed E-state index contributed by atoms with van der Waals surface area (Å²) in [5.74, 6) is -1.24. The summed E-state index contributed by atoms with van der Waals surface area (Å²) in [6.45, 7) is 4.23. The van der Waals surface area contributed by atoms with Crippen LogP contribution in [0.3, 0.4) is 0 Å². The number of carboxylic acid groups (broad SMARTS) is 1. The van der Waals surface area contributed by atoms with Gasteiger partial charge in [0.25, 0.3) is 0 Å². The number of halogens is 1. The van der Waals surface area contributed by atoms with Crippen LogP contribution in [0, 0.1) is 0 Å². The number of hydrogen-bond acceptors (Lipinski definition) is 3. The van der Waals surface area contributed by atoms with Gasteiger partial charge in [0, 0.05) is 16.2 Å². The number of carbonyl (C=O) groups excluding carboxylic acids is 1. The highest BCUT2D eigenvalue weighted by Gasteiger charge is 2.10. The highest BCUT2D eigenvalue weighted by molar-refractivity contribution is 9.10. The molecule has 0 saturated carbocycles. The lowest BCUT2D eigenvalue weighted by Crippen LogP contribution is -2.34. The maximum Gasteiger partial charge on any atom is 0.336 e. The van der Waals surface area contributed by atoms with E-state index in [1.54, 1.807) is 12.1 Å². The largest absolute Gasteiger partial charge is 0.478 e. The Hall–Kier alpha value is -1.40. The molecule has 0 aromatic heterocycles. The van der Waals surface area contributed by atoms with Crippen molar-refractivity contribution < 1.29 is 14.7 Å². The highest BCUT2D eigenvalue weighted by Crippen LogP contribution is 2.21. The van der Waals surface area contributed by atoms with Crippen molar-refractivity contribution in [1.29, 1.82) is 0 Å². The number of carboxylic acids is 1. The van der Waals surface area contributed by atoms with E-state index < -0.39 is 5.97 Å². The summed E-state index contributed by atoms with van der Waals surface area (Å²) in [5, 5.41) is 14.7. The zero-order valence-corrected chi connectivity index (χ0v) is 12.5. The number of hydrogen-bond donors (Lipinski definition) is 3. The molecule has 1 amide bonds. The quantitative estimate of drug-likeness (QED) is 0.749. The van der Waals surface area contributed by atoms with Gasteiger partial charge in [-0.05, 0) is 47.5 Å². The Morgan fingerprint density at radius 3 is 2.68 bits per heavy atom.